The lowest BCUT2D eigenvalue weighted by Gasteiger charge is -2.08. The molecule has 0 rings (SSSR count). The Balaban J connectivity index is 0. The average molecular weight is 127 g/mol. The van der Waals surface area contributed by atoms with Crippen LogP contribution in [0.15, 0.2) is 17.8 Å². The second-order valence-corrected chi connectivity index (χ2v) is 2.83. The van der Waals surface area contributed by atoms with Crippen molar-refractivity contribution in [2.75, 3.05) is 0 Å². The SMILES string of the molecule is C.C=CN=CC(C)(C)C. The van der Waals surface area contributed by atoms with Crippen LogP contribution in [0, 0.1) is 5.41 Å². The number of hydrogen-bond acceptors (Lipinski definition) is 1. The molecular formula is C8H17N. The summed E-state index contributed by atoms with van der Waals surface area (Å²) in [5.41, 5.74) is 0.189. The van der Waals surface area contributed by atoms with Crippen LogP contribution in [0.2, 0.25) is 0 Å². The quantitative estimate of drug-likeness (QED) is 0.480. The summed E-state index contributed by atoms with van der Waals surface area (Å²) in [6.45, 7) is 9.76. The van der Waals surface area contributed by atoms with Gasteiger partial charge >= 0.3 is 0 Å². The molecule has 0 bridgehead atoms. The van der Waals surface area contributed by atoms with E-state index in [2.05, 4.69) is 32.3 Å². The van der Waals surface area contributed by atoms with Crippen LogP contribution >= 0.6 is 0 Å². The number of nitrogens with zero attached hydrogens (tertiary/aromatic N) is 1. The van der Waals surface area contributed by atoms with Crippen molar-refractivity contribution in [2.45, 2.75) is 28.2 Å². The second-order valence-electron chi connectivity index (χ2n) is 2.83. The topological polar surface area (TPSA) is 12.4 Å². The molecule has 0 aliphatic carbocycles. The van der Waals surface area contributed by atoms with Gasteiger partial charge in [0.25, 0.3) is 0 Å². The zero-order valence-electron chi connectivity index (χ0n) is 5.81. The van der Waals surface area contributed by atoms with E-state index in [9.17, 15) is 0 Å². The van der Waals surface area contributed by atoms with Crippen molar-refractivity contribution < 1.29 is 0 Å². The molecule has 0 aliphatic heterocycles. The van der Waals surface area contributed by atoms with Gasteiger partial charge in [0.2, 0.25) is 0 Å². The van der Waals surface area contributed by atoms with Gasteiger partial charge < -0.3 is 0 Å². The number of rotatable bonds is 1. The van der Waals surface area contributed by atoms with Crippen molar-refractivity contribution in [2.24, 2.45) is 10.4 Å². The Kier molecular flexibility index (Phi) is 5.38. The predicted molar refractivity (Wildman–Crippen MR) is 44.9 cm³/mol. The summed E-state index contributed by atoms with van der Waals surface area (Å²) in [4.78, 5) is 3.88. The summed E-state index contributed by atoms with van der Waals surface area (Å²) >= 11 is 0. The molecule has 0 aliphatic rings. The fraction of sp³-hybridized carbons (Fsp3) is 0.625. The van der Waals surface area contributed by atoms with Crippen molar-refractivity contribution in [1.82, 2.24) is 0 Å². The maximum atomic E-state index is 3.88. The average Bonchev–Trinajstić information content (AvgIpc) is 1.59. The summed E-state index contributed by atoms with van der Waals surface area (Å²) in [6, 6.07) is 0. The van der Waals surface area contributed by atoms with Gasteiger partial charge in [0.05, 0.1) is 0 Å². The molecule has 0 spiro atoms. The molecule has 0 unspecified atom stereocenters. The molecule has 0 amide bonds. The fourth-order valence-electron chi connectivity index (χ4n) is 0.276. The van der Waals surface area contributed by atoms with Crippen LogP contribution in [-0.4, -0.2) is 6.21 Å². The zero-order valence-corrected chi connectivity index (χ0v) is 5.81. The van der Waals surface area contributed by atoms with Crippen LogP contribution in [0.5, 0.6) is 0 Å². The van der Waals surface area contributed by atoms with E-state index in [1.165, 1.54) is 0 Å². The maximum absolute atomic E-state index is 3.88. The Hall–Kier alpha value is -0.590. The Morgan fingerprint density at radius 1 is 1.33 bits per heavy atom. The lowest BCUT2D eigenvalue weighted by Crippen LogP contribution is -2.04. The first kappa shape index (κ1) is 11.2. The van der Waals surface area contributed by atoms with Crippen molar-refractivity contribution in [3.8, 4) is 0 Å². The molecule has 0 aromatic carbocycles. The van der Waals surface area contributed by atoms with Crippen LogP contribution in [0.3, 0.4) is 0 Å². The van der Waals surface area contributed by atoms with Gasteiger partial charge in [-0.25, -0.2) is 0 Å². The summed E-state index contributed by atoms with van der Waals surface area (Å²) in [7, 11) is 0. The molecule has 1 heteroatoms. The molecule has 0 heterocycles. The molecule has 0 radical (unpaired) electrons. The van der Waals surface area contributed by atoms with Crippen LogP contribution in [0.1, 0.15) is 28.2 Å². The molecule has 0 saturated carbocycles. The molecule has 0 atom stereocenters. The zero-order chi connectivity index (χ0) is 6.62. The first-order chi connectivity index (χ1) is 3.56. The second kappa shape index (κ2) is 4.30. The molecule has 1 nitrogen and oxygen atoms in total. The maximum Gasteiger partial charge on any atom is 0.0192 e. The normalized spacial score (nSPS) is 11.0. The molecule has 0 aromatic heterocycles. The molecule has 54 valence electrons. The van der Waals surface area contributed by atoms with Gasteiger partial charge in [0.15, 0.2) is 0 Å². The van der Waals surface area contributed by atoms with E-state index >= 15 is 0 Å². The highest BCUT2D eigenvalue weighted by Gasteiger charge is 2.02. The molecule has 0 aromatic rings. The van der Waals surface area contributed by atoms with Crippen LogP contribution < -0.4 is 0 Å². The standard InChI is InChI=1S/C7H13N.CH4/c1-5-8-6-7(2,3)4;/h5-6H,1H2,2-4H3;1H4. The molecule has 0 fully saturated rings. The third-order valence-corrected chi connectivity index (χ3v) is 0.567. The first-order valence-corrected chi connectivity index (χ1v) is 2.71. The monoisotopic (exact) mass is 127 g/mol. The molecule has 0 saturated heterocycles. The fourth-order valence-corrected chi connectivity index (χ4v) is 0.276. The largest absolute Gasteiger partial charge is 0.269 e. The van der Waals surface area contributed by atoms with Crippen LogP contribution in [0.4, 0.5) is 0 Å². The summed E-state index contributed by atoms with van der Waals surface area (Å²) in [6.07, 6.45) is 3.42. The summed E-state index contributed by atoms with van der Waals surface area (Å²) in [5, 5.41) is 0. The Morgan fingerprint density at radius 3 is 1.89 bits per heavy atom. The van der Waals surface area contributed by atoms with Crippen molar-refractivity contribution >= 4 is 6.21 Å². The molecule has 9 heavy (non-hydrogen) atoms. The Labute approximate surface area is 58.5 Å². The van der Waals surface area contributed by atoms with Gasteiger partial charge in [-0.2, -0.15) is 0 Å². The summed E-state index contributed by atoms with van der Waals surface area (Å²) < 4.78 is 0. The highest BCUT2D eigenvalue weighted by atomic mass is 14.7. The van der Waals surface area contributed by atoms with Gasteiger partial charge in [-0.1, -0.05) is 34.8 Å². The smallest absolute Gasteiger partial charge is 0.0192 e. The minimum absolute atomic E-state index is 0. The highest BCUT2D eigenvalue weighted by molar-refractivity contribution is 5.64. The molecular weight excluding hydrogens is 110 g/mol. The summed E-state index contributed by atoms with van der Waals surface area (Å²) in [5.74, 6) is 0. The Morgan fingerprint density at radius 2 is 1.78 bits per heavy atom. The van der Waals surface area contributed by atoms with E-state index in [0.29, 0.717) is 0 Å². The van der Waals surface area contributed by atoms with Gasteiger partial charge in [0, 0.05) is 12.4 Å². The van der Waals surface area contributed by atoms with E-state index < -0.39 is 0 Å². The first-order valence-electron chi connectivity index (χ1n) is 2.71. The highest BCUT2D eigenvalue weighted by Crippen LogP contribution is 2.07. The third kappa shape index (κ3) is 11.2. The van der Waals surface area contributed by atoms with E-state index in [-0.39, 0.29) is 12.8 Å². The van der Waals surface area contributed by atoms with Crippen LogP contribution in [0.25, 0.3) is 0 Å². The van der Waals surface area contributed by atoms with Crippen molar-refractivity contribution in [1.29, 1.82) is 0 Å². The number of aliphatic imine (C=N–C) groups is 1. The van der Waals surface area contributed by atoms with Gasteiger partial charge in [-0.05, 0) is 5.41 Å². The van der Waals surface area contributed by atoms with Gasteiger partial charge in [-0.15, -0.1) is 0 Å². The van der Waals surface area contributed by atoms with E-state index in [1.807, 2.05) is 6.21 Å². The predicted octanol–water partition coefficient (Wildman–Crippen LogP) is 2.88. The minimum Gasteiger partial charge on any atom is -0.269 e. The lowest BCUT2D eigenvalue weighted by atomic mass is 9.99. The van der Waals surface area contributed by atoms with E-state index in [1.54, 1.807) is 6.20 Å². The Bertz CT molecular complexity index is 95.6. The van der Waals surface area contributed by atoms with Crippen molar-refractivity contribution in [3.05, 3.63) is 12.8 Å². The van der Waals surface area contributed by atoms with Gasteiger partial charge in [-0.3, -0.25) is 4.99 Å². The van der Waals surface area contributed by atoms with Gasteiger partial charge in [0.1, 0.15) is 0 Å². The minimum atomic E-state index is 0. The molecule has 0 N–H and O–H groups in total. The third-order valence-electron chi connectivity index (χ3n) is 0.567. The number of hydrogen-bond donors (Lipinski definition) is 0. The van der Waals surface area contributed by atoms with E-state index in [0.717, 1.165) is 0 Å². The van der Waals surface area contributed by atoms with E-state index in [4.69, 9.17) is 0 Å². The van der Waals surface area contributed by atoms with Crippen LogP contribution in [-0.2, 0) is 0 Å². The lowest BCUT2D eigenvalue weighted by molar-refractivity contribution is 0.607. The van der Waals surface area contributed by atoms with Crippen molar-refractivity contribution in [3.63, 3.8) is 0 Å².